The third-order valence-electron chi connectivity index (χ3n) is 2.84. The maximum atomic E-state index is 11.3. The first-order chi connectivity index (χ1) is 6.15. The molecule has 0 N–H and O–H groups in total. The number of carbonyl (C=O) groups is 1. The molecule has 0 aliphatic heterocycles. The van der Waals surface area contributed by atoms with E-state index in [1.807, 2.05) is 13.1 Å². The molecule has 0 bridgehead atoms. The predicted molar refractivity (Wildman–Crippen MR) is 49.8 cm³/mol. The molecule has 3 nitrogen and oxygen atoms in total. The molecule has 1 fully saturated rings. The first-order valence-corrected chi connectivity index (χ1v) is 4.77. The predicted octanol–water partition coefficient (Wildman–Crippen LogP) is 1.55. The minimum Gasteiger partial charge on any atom is -0.342 e. The van der Waals surface area contributed by atoms with E-state index in [0.29, 0.717) is 6.04 Å². The van der Waals surface area contributed by atoms with Gasteiger partial charge in [0.2, 0.25) is 5.91 Å². The summed E-state index contributed by atoms with van der Waals surface area (Å²) in [6.45, 7) is 2.21. The van der Waals surface area contributed by atoms with Crippen LogP contribution < -0.4 is 0 Å². The van der Waals surface area contributed by atoms with Crippen LogP contribution in [0.2, 0.25) is 0 Å². The molecule has 0 radical (unpaired) electrons. The van der Waals surface area contributed by atoms with Crippen molar-refractivity contribution in [2.24, 2.45) is 5.92 Å². The SMILES string of the molecule is CC1CCC(N(C)C(=O)CC#N)C1. The number of nitriles is 1. The Morgan fingerprint density at radius 2 is 2.31 bits per heavy atom. The molecule has 1 saturated carbocycles. The lowest BCUT2D eigenvalue weighted by Gasteiger charge is -2.23. The van der Waals surface area contributed by atoms with Gasteiger partial charge >= 0.3 is 0 Å². The number of amides is 1. The van der Waals surface area contributed by atoms with Crippen molar-refractivity contribution in [3.05, 3.63) is 0 Å². The van der Waals surface area contributed by atoms with Crippen molar-refractivity contribution in [3.8, 4) is 6.07 Å². The summed E-state index contributed by atoms with van der Waals surface area (Å²) >= 11 is 0. The summed E-state index contributed by atoms with van der Waals surface area (Å²) in [7, 11) is 1.81. The quantitative estimate of drug-likeness (QED) is 0.647. The highest BCUT2D eigenvalue weighted by atomic mass is 16.2. The first-order valence-electron chi connectivity index (χ1n) is 4.77. The summed E-state index contributed by atoms with van der Waals surface area (Å²) in [5, 5.41) is 8.38. The molecule has 3 heteroatoms. The molecular weight excluding hydrogens is 164 g/mol. The highest BCUT2D eigenvalue weighted by molar-refractivity contribution is 5.78. The highest BCUT2D eigenvalue weighted by Gasteiger charge is 2.26. The van der Waals surface area contributed by atoms with E-state index in [2.05, 4.69) is 6.92 Å². The molecule has 0 heterocycles. The highest BCUT2D eigenvalue weighted by Crippen LogP contribution is 2.28. The van der Waals surface area contributed by atoms with Crippen LogP contribution in [0.15, 0.2) is 0 Å². The molecule has 0 aromatic carbocycles. The van der Waals surface area contributed by atoms with Crippen molar-refractivity contribution in [2.45, 2.75) is 38.6 Å². The number of rotatable bonds is 2. The third kappa shape index (κ3) is 2.45. The van der Waals surface area contributed by atoms with Crippen molar-refractivity contribution in [2.75, 3.05) is 7.05 Å². The number of hydrogen-bond acceptors (Lipinski definition) is 2. The van der Waals surface area contributed by atoms with Crippen molar-refractivity contribution < 1.29 is 4.79 Å². The second kappa shape index (κ2) is 4.27. The summed E-state index contributed by atoms with van der Waals surface area (Å²) in [5.41, 5.74) is 0. The van der Waals surface area contributed by atoms with E-state index >= 15 is 0 Å². The van der Waals surface area contributed by atoms with Gasteiger partial charge in [-0.05, 0) is 25.2 Å². The van der Waals surface area contributed by atoms with Gasteiger partial charge in [0.1, 0.15) is 6.42 Å². The largest absolute Gasteiger partial charge is 0.342 e. The average Bonchev–Trinajstić information content (AvgIpc) is 2.51. The van der Waals surface area contributed by atoms with Crippen LogP contribution in [0.5, 0.6) is 0 Å². The zero-order chi connectivity index (χ0) is 9.84. The molecule has 0 saturated heterocycles. The summed E-state index contributed by atoms with van der Waals surface area (Å²) in [6, 6.07) is 2.26. The zero-order valence-corrected chi connectivity index (χ0v) is 8.29. The van der Waals surface area contributed by atoms with Crippen LogP contribution in [0.1, 0.15) is 32.6 Å². The van der Waals surface area contributed by atoms with E-state index in [1.54, 1.807) is 4.90 Å². The maximum absolute atomic E-state index is 11.3. The second-order valence-electron chi connectivity index (χ2n) is 3.91. The van der Waals surface area contributed by atoms with Crippen LogP contribution in [-0.4, -0.2) is 23.9 Å². The monoisotopic (exact) mass is 180 g/mol. The molecule has 2 atom stereocenters. The fourth-order valence-corrected chi connectivity index (χ4v) is 1.92. The zero-order valence-electron chi connectivity index (χ0n) is 8.29. The first kappa shape index (κ1) is 10.0. The van der Waals surface area contributed by atoms with Crippen molar-refractivity contribution in [3.63, 3.8) is 0 Å². The maximum Gasteiger partial charge on any atom is 0.236 e. The van der Waals surface area contributed by atoms with Crippen LogP contribution in [0, 0.1) is 17.2 Å². The van der Waals surface area contributed by atoms with Gasteiger partial charge in [-0.3, -0.25) is 4.79 Å². The van der Waals surface area contributed by atoms with Gasteiger partial charge in [0.05, 0.1) is 6.07 Å². The van der Waals surface area contributed by atoms with Crippen LogP contribution in [0.4, 0.5) is 0 Å². The number of nitrogens with zero attached hydrogens (tertiary/aromatic N) is 2. The number of hydrogen-bond donors (Lipinski definition) is 0. The van der Waals surface area contributed by atoms with E-state index in [0.717, 1.165) is 18.8 Å². The van der Waals surface area contributed by atoms with E-state index in [9.17, 15) is 4.79 Å². The Hall–Kier alpha value is -1.04. The average molecular weight is 180 g/mol. The molecule has 72 valence electrons. The molecule has 1 rings (SSSR count). The van der Waals surface area contributed by atoms with Crippen LogP contribution >= 0.6 is 0 Å². The van der Waals surface area contributed by atoms with Gasteiger partial charge in [-0.15, -0.1) is 0 Å². The Balaban J connectivity index is 2.44. The molecule has 0 aromatic rings. The number of carbonyl (C=O) groups excluding carboxylic acids is 1. The Kier molecular flexibility index (Phi) is 3.30. The molecule has 0 aromatic heterocycles. The van der Waals surface area contributed by atoms with E-state index in [-0.39, 0.29) is 12.3 Å². The smallest absolute Gasteiger partial charge is 0.236 e. The lowest BCUT2D eigenvalue weighted by Crippen LogP contribution is -2.35. The Morgan fingerprint density at radius 3 is 2.77 bits per heavy atom. The van der Waals surface area contributed by atoms with Crippen molar-refractivity contribution in [1.29, 1.82) is 5.26 Å². The topological polar surface area (TPSA) is 44.1 Å². The Morgan fingerprint density at radius 1 is 1.62 bits per heavy atom. The van der Waals surface area contributed by atoms with Gasteiger partial charge in [-0.2, -0.15) is 5.26 Å². The van der Waals surface area contributed by atoms with Gasteiger partial charge in [-0.25, -0.2) is 0 Å². The third-order valence-corrected chi connectivity index (χ3v) is 2.84. The molecule has 2 unspecified atom stereocenters. The minimum absolute atomic E-state index is 0.0153. The standard InChI is InChI=1S/C10H16N2O/c1-8-3-4-9(7-8)12(2)10(13)5-6-11/h8-9H,3-5,7H2,1-2H3. The molecular formula is C10H16N2O. The summed E-state index contributed by atoms with van der Waals surface area (Å²) < 4.78 is 0. The van der Waals surface area contributed by atoms with Crippen molar-refractivity contribution in [1.82, 2.24) is 4.90 Å². The van der Waals surface area contributed by atoms with E-state index < -0.39 is 0 Å². The molecule has 1 amide bonds. The van der Waals surface area contributed by atoms with Crippen LogP contribution in [0.25, 0.3) is 0 Å². The van der Waals surface area contributed by atoms with Gasteiger partial charge in [0.15, 0.2) is 0 Å². The van der Waals surface area contributed by atoms with Gasteiger partial charge in [0, 0.05) is 13.1 Å². The Labute approximate surface area is 79.3 Å². The fraction of sp³-hybridized carbons (Fsp3) is 0.800. The van der Waals surface area contributed by atoms with Gasteiger partial charge in [-0.1, -0.05) is 6.92 Å². The Bertz CT molecular complexity index is 232. The lowest BCUT2D eigenvalue weighted by atomic mass is 10.1. The fourth-order valence-electron chi connectivity index (χ4n) is 1.92. The lowest BCUT2D eigenvalue weighted by molar-refractivity contribution is -0.130. The summed E-state index contributed by atoms with van der Waals surface area (Å²) in [4.78, 5) is 13.1. The van der Waals surface area contributed by atoms with E-state index in [4.69, 9.17) is 5.26 Å². The minimum atomic E-state index is -0.0402. The van der Waals surface area contributed by atoms with E-state index in [1.165, 1.54) is 6.42 Å². The van der Waals surface area contributed by atoms with Crippen LogP contribution in [-0.2, 0) is 4.79 Å². The molecule has 0 spiro atoms. The summed E-state index contributed by atoms with van der Waals surface area (Å²) in [5.74, 6) is 0.684. The van der Waals surface area contributed by atoms with Gasteiger partial charge in [0.25, 0.3) is 0 Å². The normalized spacial score (nSPS) is 26.8. The molecule has 13 heavy (non-hydrogen) atoms. The summed E-state index contributed by atoms with van der Waals surface area (Å²) in [6.07, 6.45) is 3.40. The van der Waals surface area contributed by atoms with Crippen LogP contribution in [0.3, 0.4) is 0 Å². The molecule has 1 aliphatic carbocycles. The van der Waals surface area contributed by atoms with Gasteiger partial charge < -0.3 is 4.90 Å². The second-order valence-corrected chi connectivity index (χ2v) is 3.91. The molecule has 1 aliphatic rings. The van der Waals surface area contributed by atoms with Crippen molar-refractivity contribution >= 4 is 5.91 Å².